The van der Waals surface area contributed by atoms with Crippen molar-refractivity contribution in [1.29, 1.82) is 0 Å². The number of nitrogens with zero attached hydrogens (tertiary/aromatic N) is 5. The fourth-order valence-electron chi connectivity index (χ4n) is 5.05. The normalized spacial score (nSPS) is 22.4. The van der Waals surface area contributed by atoms with Gasteiger partial charge in [-0.2, -0.15) is 0 Å². The number of anilines is 1. The molecule has 2 aromatic heterocycles. The maximum Gasteiger partial charge on any atom is 0.237 e. The van der Waals surface area contributed by atoms with E-state index in [2.05, 4.69) is 25.3 Å². The van der Waals surface area contributed by atoms with Crippen molar-refractivity contribution < 1.29 is 14.3 Å². The Morgan fingerprint density at radius 1 is 1.14 bits per heavy atom. The van der Waals surface area contributed by atoms with E-state index >= 15 is 0 Å². The highest BCUT2D eigenvalue weighted by atomic mass is 32.2. The summed E-state index contributed by atoms with van der Waals surface area (Å²) in [5.74, 6) is 0.468. The summed E-state index contributed by atoms with van der Waals surface area (Å²) >= 11 is 1.44. The van der Waals surface area contributed by atoms with Gasteiger partial charge < -0.3 is 15.0 Å². The number of carbonyl (C=O) groups is 2. The van der Waals surface area contributed by atoms with Crippen molar-refractivity contribution in [2.75, 3.05) is 31.3 Å². The largest absolute Gasteiger partial charge is 0.477 e. The van der Waals surface area contributed by atoms with E-state index in [-0.39, 0.29) is 23.7 Å². The minimum Gasteiger partial charge on any atom is -0.477 e. The molecule has 1 saturated carbocycles. The van der Waals surface area contributed by atoms with Crippen molar-refractivity contribution in [1.82, 2.24) is 24.8 Å². The Morgan fingerprint density at radius 2 is 1.89 bits per heavy atom. The van der Waals surface area contributed by atoms with Crippen LogP contribution in [0.25, 0.3) is 11.3 Å². The molecule has 1 saturated heterocycles. The number of fused-ring (bicyclic) bond motifs is 1. The predicted octanol–water partition coefficient (Wildman–Crippen LogP) is 3.04. The monoisotopic (exact) mass is 490 g/mol. The molecule has 35 heavy (non-hydrogen) atoms. The lowest BCUT2D eigenvalue weighted by Crippen LogP contribution is -2.40. The number of hydrogen-bond acceptors (Lipinski definition) is 8. The molecule has 0 spiro atoms. The molecule has 0 bridgehead atoms. The zero-order valence-electron chi connectivity index (χ0n) is 19.8. The lowest BCUT2D eigenvalue weighted by Gasteiger charge is -2.25. The van der Waals surface area contributed by atoms with E-state index < -0.39 is 5.41 Å². The molecular formula is C25H26N6O3S. The summed E-state index contributed by atoms with van der Waals surface area (Å²) in [5.41, 5.74) is 2.19. The lowest BCUT2D eigenvalue weighted by molar-refractivity contribution is -0.129. The van der Waals surface area contributed by atoms with Gasteiger partial charge in [0, 0.05) is 49.3 Å². The van der Waals surface area contributed by atoms with E-state index in [4.69, 9.17) is 4.74 Å². The van der Waals surface area contributed by atoms with Crippen LogP contribution in [0.15, 0.2) is 54.1 Å². The second-order valence-electron chi connectivity index (χ2n) is 8.64. The SMILES string of the molecule is CCOc1cncc(-c2ccc(NC(=O)C3(c4ccnc(SC)n4)[C@@H]4CN(C(C)=O)C[C@@H]43)cc2)n1. The van der Waals surface area contributed by atoms with Gasteiger partial charge in [-0.15, -0.1) is 0 Å². The third kappa shape index (κ3) is 4.12. The second kappa shape index (κ2) is 9.26. The molecule has 10 heteroatoms. The molecule has 3 atom stereocenters. The Balaban J connectivity index is 1.39. The Hall–Kier alpha value is -3.53. The number of piperidine rings is 1. The molecule has 0 radical (unpaired) electrons. The lowest BCUT2D eigenvalue weighted by atomic mass is 9.93. The van der Waals surface area contributed by atoms with Crippen molar-refractivity contribution in [3.63, 3.8) is 0 Å². The van der Waals surface area contributed by atoms with Gasteiger partial charge in [0.15, 0.2) is 5.16 Å². The first-order valence-electron chi connectivity index (χ1n) is 11.5. The van der Waals surface area contributed by atoms with Gasteiger partial charge in [0.1, 0.15) is 5.41 Å². The van der Waals surface area contributed by atoms with E-state index in [0.29, 0.717) is 47.8 Å². The first kappa shape index (κ1) is 23.2. The van der Waals surface area contributed by atoms with Gasteiger partial charge in [0.25, 0.3) is 0 Å². The summed E-state index contributed by atoms with van der Waals surface area (Å²) in [6.45, 7) is 5.09. The summed E-state index contributed by atoms with van der Waals surface area (Å²) in [5, 5.41) is 3.72. The number of rotatable bonds is 7. The van der Waals surface area contributed by atoms with E-state index in [0.717, 1.165) is 5.56 Å². The van der Waals surface area contributed by atoms with Crippen molar-refractivity contribution in [2.24, 2.45) is 11.8 Å². The molecule has 3 aromatic rings. The maximum atomic E-state index is 13.7. The van der Waals surface area contributed by atoms with Crippen LogP contribution in [0, 0.1) is 11.8 Å². The molecule has 1 aromatic carbocycles. The summed E-state index contributed by atoms with van der Waals surface area (Å²) in [6, 6.07) is 9.31. The second-order valence-corrected chi connectivity index (χ2v) is 9.42. The van der Waals surface area contributed by atoms with Crippen LogP contribution in [-0.4, -0.2) is 62.6 Å². The number of aromatic nitrogens is 4. The third-order valence-corrected chi connectivity index (χ3v) is 7.35. The Kier molecular flexibility index (Phi) is 6.14. The standard InChI is InChI=1S/C25H26N6O3S/c1-4-34-22-12-26-11-20(29-22)16-5-7-17(8-6-16)28-23(33)25(21-9-10-27-24(30-21)35-3)18-13-31(15(2)32)14-19(18)25/h5-12,18-19H,4,13-14H2,1-3H3,(H,28,33)/t18-,19+,25?. The van der Waals surface area contributed by atoms with Crippen LogP contribution in [0.3, 0.4) is 0 Å². The highest BCUT2D eigenvalue weighted by Gasteiger charge is 2.74. The molecule has 1 N–H and O–H groups in total. The van der Waals surface area contributed by atoms with Crippen LogP contribution < -0.4 is 10.1 Å². The van der Waals surface area contributed by atoms with E-state index in [1.807, 2.05) is 48.4 Å². The highest BCUT2D eigenvalue weighted by Crippen LogP contribution is 2.63. The van der Waals surface area contributed by atoms with Gasteiger partial charge in [-0.05, 0) is 31.4 Å². The van der Waals surface area contributed by atoms with Crippen LogP contribution in [0.4, 0.5) is 5.69 Å². The van der Waals surface area contributed by atoms with Crippen LogP contribution >= 0.6 is 11.8 Å². The number of amides is 2. The Bertz CT molecular complexity index is 1260. The highest BCUT2D eigenvalue weighted by molar-refractivity contribution is 7.98. The number of nitrogens with one attached hydrogen (secondary N) is 1. The van der Waals surface area contributed by atoms with Crippen molar-refractivity contribution in [3.8, 4) is 17.1 Å². The van der Waals surface area contributed by atoms with Crippen molar-refractivity contribution in [2.45, 2.75) is 24.4 Å². The molecule has 2 fully saturated rings. The molecule has 3 heterocycles. The fourth-order valence-corrected chi connectivity index (χ4v) is 5.41. The van der Waals surface area contributed by atoms with E-state index in [1.165, 1.54) is 11.8 Å². The topological polar surface area (TPSA) is 110 Å². The van der Waals surface area contributed by atoms with Gasteiger partial charge >= 0.3 is 0 Å². The van der Waals surface area contributed by atoms with Gasteiger partial charge in [0.2, 0.25) is 17.7 Å². The molecule has 2 aliphatic rings. The van der Waals surface area contributed by atoms with E-state index in [1.54, 1.807) is 25.5 Å². The van der Waals surface area contributed by atoms with E-state index in [9.17, 15) is 9.59 Å². The van der Waals surface area contributed by atoms with Crippen molar-refractivity contribution in [3.05, 3.63) is 54.6 Å². The number of ether oxygens (including phenoxy) is 1. The molecule has 1 aliphatic heterocycles. The van der Waals surface area contributed by atoms with Crippen LogP contribution in [0.2, 0.25) is 0 Å². The number of likely N-dealkylation sites (tertiary alicyclic amines) is 1. The van der Waals surface area contributed by atoms with Crippen LogP contribution in [-0.2, 0) is 15.0 Å². The fraction of sp³-hybridized carbons (Fsp3) is 0.360. The number of carbonyl (C=O) groups excluding carboxylic acids is 2. The Morgan fingerprint density at radius 3 is 2.54 bits per heavy atom. The van der Waals surface area contributed by atoms with Gasteiger partial charge in [-0.1, -0.05) is 23.9 Å². The Labute approximate surface area is 207 Å². The molecular weight excluding hydrogens is 464 g/mol. The maximum absolute atomic E-state index is 13.7. The van der Waals surface area contributed by atoms with Crippen LogP contribution in [0.5, 0.6) is 5.88 Å². The molecule has 2 amide bonds. The van der Waals surface area contributed by atoms with Gasteiger partial charge in [-0.25, -0.2) is 15.0 Å². The van der Waals surface area contributed by atoms with Crippen LogP contribution in [0.1, 0.15) is 19.5 Å². The number of benzene rings is 1. The molecule has 9 nitrogen and oxygen atoms in total. The minimum atomic E-state index is -0.769. The summed E-state index contributed by atoms with van der Waals surface area (Å²) in [7, 11) is 0. The molecule has 180 valence electrons. The van der Waals surface area contributed by atoms with Gasteiger partial charge in [0.05, 0.1) is 30.4 Å². The summed E-state index contributed by atoms with van der Waals surface area (Å²) < 4.78 is 5.44. The average molecular weight is 491 g/mol. The number of thioether (sulfide) groups is 1. The quantitative estimate of drug-likeness (QED) is 0.398. The molecule has 5 rings (SSSR count). The first-order chi connectivity index (χ1) is 17.0. The molecule has 1 aliphatic carbocycles. The number of hydrogen-bond donors (Lipinski definition) is 1. The minimum absolute atomic E-state index is 0.0334. The zero-order chi connectivity index (χ0) is 24.6. The average Bonchev–Trinajstić information content (AvgIpc) is 3.27. The first-order valence-corrected chi connectivity index (χ1v) is 12.7. The predicted molar refractivity (Wildman–Crippen MR) is 132 cm³/mol. The van der Waals surface area contributed by atoms with Crippen molar-refractivity contribution >= 4 is 29.3 Å². The third-order valence-electron chi connectivity index (χ3n) is 6.78. The van der Waals surface area contributed by atoms with Gasteiger partial charge in [-0.3, -0.25) is 14.6 Å². The zero-order valence-corrected chi connectivity index (χ0v) is 20.6. The summed E-state index contributed by atoms with van der Waals surface area (Å²) in [4.78, 5) is 45.1. The summed E-state index contributed by atoms with van der Waals surface area (Å²) in [6.07, 6.45) is 6.87. The molecule has 1 unspecified atom stereocenters. The smallest absolute Gasteiger partial charge is 0.237 e.